The number of pyridine rings is 1. The fourth-order valence-corrected chi connectivity index (χ4v) is 2.97. The monoisotopic (exact) mass is 257 g/mol. The van der Waals surface area contributed by atoms with Crippen LogP contribution < -0.4 is 10.6 Å². The second-order valence-corrected chi connectivity index (χ2v) is 5.44. The number of anilines is 1. The topological polar surface area (TPSA) is 42.1 Å². The van der Waals surface area contributed by atoms with Crippen molar-refractivity contribution in [2.24, 2.45) is 5.73 Å². The maximum absolute atomic E-state index is 6.23. The van der Waals surface area contributed by atoms with Gasteiger partial charge in [0.15, 0.2) is 0 Å². The first kappa shape index (κ1) is 12.0. The third-order valence-corrected chi connectivity index (χ3v) is 3.96. The van der Waals surface area contributed by atoms with Gasteiger partial charge in [-0.1, -0.05) is 11.6 Å². The summed E-state index contributed by atoms with van der Waals surface area (Å²) in [7, 11) is 0. The zero-order valence-corrected chi connectivity index (χ0v) is 10.7. The number of rotatable bonds is 2. The van der Waals surface area contributed by atoms with Crippen LogP contribution in [0.4, 0.5) is 5.82 Å². The summed E-state index contributed by atoms with van der Waals surface area (Å²) in [5.41, 5.74) is 6.54. The molecule has 1 saturated heterocycles. The first-order valence-corrected chi connectivity index (χ1v) is 7.01. The van der Waals surface area contributed by atoms with Gasteiger partial charge in [0.25, 0.3) is 0 Å². The van der Waals surface area contributed by atoms with Crippen LogP contribution in [-0.4, -0.2) is 29.6 Å². The third kappa shape index (κ3) is 2.81. The van der Waals surface area contributed by atoms with E-state index in [1.807, 2.05) is 24.0 Å². The lowest BCUT2D eigenvalue weighted by molar-refractivity contribution is 0.800. The first-order valence-electron chi connectivity index (χ1n) is 5.48. The number of nitrogens with two attached hydrogens (primary N) is 1. The van der Waals surface area contributed by atoms with E-state index in [4.69, 9.17) is 17.3 Å². The molecule has 0 saturated carbocycles. The van der Waals surface area contributed by atoms with E-state index >= 15 is 0 Å². The van der Waals surface area contributed by atoms with Crippen molar-refractivity contribution in [1.82, 2.24) is 4.98 Å². The standard InChI is InChI=1S/C11H16ClN3S/c12-10-6-9(7-13)8-14-11(10)15-2-1-4-16-5-3-15/h6,8H,1-5,7,13H2. The summed E-state index contributed by atoms with van der Waals surface area (Å²) in [6.07, 6.45) is 3.01. The first-order chi connectivity index (χ1) is 7.81. The largest absolute Gasteiger partial charge is 0.355 e. The summed E-state index contributed by atoms with van der Waals surface area (Å²) in [5, 5.41) is 0.717. The van der Waals surface area contributed by atoms with E-state index in [1.54, 1.807) is 0 Å². The molecule has 0 atom stereocenters. The number of thioether (sulfide) groups is 1. The van der Waals surface area contributed by atoms with Crippen LogP contribution in [0.15, 0.2) is 12.3 Å². The summed E-state index contributed by atoms with van der Waals surface area (Å²) in [5.74, 6) is 3.28. The van der Waals surface area contributed by atoms with E-state index in [2.05, 4.69) is 9.88 Å². The molecular formula is C11H16ClN3S. The van der Waals surface area contributed by atoms with Gasteiger partial charge in [-0.25, -0.2) is 4.98 Å². The molecule has 1 aromatic heterocycles. The third-order valence-electron chi connectivity index (χ3n) is 2.64. The molecule has 0 unspecified atom stereocenters. The van der Waals surface area contributed by atoms with Crippen molar-refractivity contribution in [1.29, 1.82) is 0 Å². The maximum atomic E-state index is 6.23. The van der Waals surface area contributed by atoms with Gasteiger partial charge in [0.2, 0.25) is 0 Å². The highest BCUT2D eigenvalue weighted by Crippen LogP contribution is 2.25. The normalized spacial score (nSPS) is 17.2. The Kier molecular flexibility index (Phi) is 4.32. The summed E-state index contributed by atoms with van der Waals surface area (Å²) >= 11 is 8.22. The van der Waals surface area contributed by atoms with Crippen molar-refractivity contribution >= 4 is 29.2 Å². The van der Waals surface area contributed by atoms with Gasteiger partial charge < -0.3 is 10.6 Å². The Balaban J connectivity index is 2.18. The molecule has 5 heteroatoms. The molecule has 1 fully saturated rings. The zero-order chi connectivity index (χ0) is 11.4. The molecule has 16 heavy (non-hydrogen) atoms. The molecule has 0 amide bonds. The Morgan fingerprint density at radius 1 is 1.44 bits per heavy atom. The van der Waals surface area contributed by atoms with E-state index in [0.717, 1.165) is 35.2 Å². The molecule has 1 aromatic rings. The Hall–Kier alpha value is -0.450. The van der Waals surface area contributed by atoms with E-state index < -0.39 is 0 Å². The SMILES string of the molecule is NCc1cnc(N2CCCSCC2)c(Cl)c1. The number of aromatic nitrogens is 1. The van der Waals surface area contributed by atoms with Crippen LogP contribution in [-0.2, 0) is 6.54 Å². The van der Waals surface area contributed by atoms with Crippen LogP contribution in [0.1, 0.15) is 12.0 Å². The fourth-order valence-electron chi connectivity index (χ4n) is 1.77. The van der Waals surface area contributed by atoms with E-state index in [-0.39, 0.29) is 0 Å². The Morgan fingerprint density at radius 3 is 3.06 bits per heavy atom. The molecule has 0 aromatic carbocycles. The number of hydrogen-bond donors (Lipinski definition) is 1. The Labute approximate surface area is 105 Å². The predicted molar refractivity (Wildman–Crippen MR) is 71.3 cm³/mol. The minimum Gasteiger partial charge on any atom is -0.355 e. The predicted octanol–water partition coefficient (Wildman–Crippen LogP) is 2.14. The Bertz CT molecular complexity index is 351. The summed E-state index contributed by atoms with van der Waals surface area (Å²) in [4.78, 5) is 6.69. The van der Waals surface area contributed by atoms with Crippen molar-refractivity contribution in [3.63, 3.8) is 0 Å². The number of halogens is 1. The van der Waals surface area contributed by atoms with Gasteiger partial charge in [-0.05, 0) is 23.8 Å². The Morgan fingerprint density at radius 2 is 2.31 bits per heavy atom. The van der Waals surface area contributed by atoms with Gasteiger partial charge in [-0.15, -0.1) is 0 Å². The van der Waals surface area contributed by atoms with Crippen molar-refractivity contribution < 1.29 is 0 Å². The lowest BCUT2D eigenvalue weighted by atomic mass is 10.2. The van der Waals surface area contributed by atoms with Crippen LogP contribution in [0.5, 0.6) is 0 Å². The lowest BCUT2D eigenvalue weighted by Gasteiger charge is -2.22. The highest BCUT2D eigenvalue weighted by molar-refractivity contribution is 7.99. The average Bonchev–Trinajstić information content (AvgIpc) is 2.57. The molecule has 0 aliphatic carbocycles. The molecule has 0 spiro atoms. The minimum absolute atomic E-state index is 0.489. The molecule has 88 valence electrons. The minimum atomic E-state index is 0.489. The highest BCUT2D eigenvalue weighted by Gasteiger charge is 2.14. The summed E-state index contributed by atoms with van der Waals surface area (Å²) in [6.45, 7) is 2.56. The maximum Gasteiger partial charge on any atom is 0.147 e. The van der Waals surface area contributed by atoms with Crippen LogP contribution in [0.3, 0.4) is 0 Å². The molecule has 3 nitrogen and oxygen atoms in total. The second kappa shape index (κ2) is 5.75. The second-order valence-electron chi connectivity index (χ2n) is 3.81. The number of hydrogen-bond acceptors (Lipinski definition) is 4. The van der Waals surface area contributed by atoms with Gasteiger partial charge in [0.1, 0.15) is 5.82 Å². The molecular weight excluding hydrogens is 242 g/mol. The average molecular weight is 258 g/mol. The molecule has 2 heterocycles. The van der Waals surface area contributed by atoms with Crippen LogP contribution >= 0.6 is 23.4 Å². The number of nitrogens with zero attached hydrogens (tertiary/aromatic N) is 2. The molecule has 2 rings (SSSR count). The molecule has 1 aliphatic rings. The van der Waals surface area contributed by atoms with Crippen LogP contribution in [0.2, 0.25) is 5.02 Å². The van der Waals surface area contributed by atoms with E-state index in [1.165, 1.54) is 12.2 Å². The van der Waals surface area contributed by atoms with Gasteiger partial charge in [-0.3, -0.25) is 0 Å². The van der Waals surface area contributed by atoms with Crippen molar-refractivity contribution in [3.8, 4) is 0 Å². The van der Waals surface area contributed by atoms with Gasteiger partial charge in [0.05, 0.1) is 5.02 Å². The van der Waals surface area contributed by atoms with Gasteiger partial charge >= 0.3 is 0 Å². The van der Waals surface area contributed by atoms with Gasteiger partial charge in [-0.2, -0.15) is 11.8 Å². The molecule has 0 radical (unpaired) electrons. The lowest BCUT2D eigenvalue weighted by Crippen LogP contribution is -2.26. The van der Waals surface area contributed by atoms with Crippen LogP contribution in [0.25, 0.3) is 0 Å². The van der Waals surface area contributed by atoms with Crippen molar-refractivity contribution in [2.45, 2.75) is 13.0 Å². The molecule has 1 aliphatic heterocycles. The zero-order valence-electron chi connectivity index (χ0n) is 9.16. The van der Waals surface area contributed by atoms with E-state index in [0.29, 0.717) is 6.54 Å². The highest BCUT2D eigenvalue weighted by atomic mass is 35.5. The summed E-state index contributed by atoms with van der Waals surface area (Å²) < 4.78 is 0. The fraction of sp³-hybridized carbons (Fsp3) is 0.545. The summed E-state index contributed by atoms with van der Waals surface area (Å²) in [6, 6.07) is 1.92. The van der Waals surface area contributed by atoms with Gasteiger partial charge in [0, 0.05) is 31.6 Å². The van der Waals surface area contributed by atoms with E-state index in [9.17, 15) is 0 Å². The van der Waals surface area contributed by atoms with Crippen LogP contribution in [0, 0.1) is 0 Å². The quantitative estimate of drug-likeness (QED) is 0.882. The smallest absolute Gasteiger partial charge is 0.147 e. The molecule has 0 bridgehead atoms. The molecule has 2 N–H and O–H groups in total. The van der Waals surface area contributed by atoms with Crippen molar-refractivity contribution in [3.05, 3.63) is 22.8 Å². The van der Waals surface area contributed by atoms with Crippen molar-refractivity contribution in [2.75, 3.05) is 29.5 Å².